The number of hydrogen-bond donors (Lipinski definition) is 2. The standard InChI is InChI=1S/C23H24N4O2S/c1-2-13-24-21(28)16-7-9-18(10-8-16)25-23(29)27-14-11-17(12-15-27)22-26-19-5-3-4-6-20(19)30-22/h2-10,17H,1,11-15H2,(H,24,28)(H,25,29). The predicted octanol–water partition coefficient (Wildman–Crippen LogP) is 4.62. The van der Waals surface area contributed by atoms with E-state index in [9.17, 15) is 9.59 Å². The van der Waals surface area contributed by atoms with Crippen LogP contribution in [-0.4, -0.2) is 41.5 Å². The van der Waals surface area contributed by atoms with Gasteiger partial charge < -0.3 is 15.5 Å². The van der Waals surface area contributed by atoms with Crippen LogP contribution < -0.4 is 10.6 Å². The van der Waals surface area contributed by atoms with Crippen LogP contribution >= 0.6 is 11.3 Å². The zero-order chi connectivity index (χ0) is 20.9. The van der Waals surface area contributed by atoms with Gasteiger partial charge in [-0.1, -0.05) is 18.2 Å². The number of benzene rings is 2. The molecule has 2 aromatic carbocycles. The fourth-order valence-corrected chi connectivity index (χ4v) is 4.71. The minimum atomic E-state index is -0.162. The highest BCUT2D eigenvalue weighted by Crippen LogP contribution is 2.33. The molecule has 1 aromatic heterocycles. The molecule has 0 atom stereocenters. The first kappa shape index (κ1) is 20.1. The minimum Gasteiger partial charge on any atom is -0.349 e. The summed E-state index contributed by atoms with van der Waals surface area (Å²) >= 11 is 1.76. The van der Waals surface area contributed by atoms with Crippen molar-refractivity contribution in [1.29, 1.82) is 0 Å². The molecule has 0 spiro atoms. The number of carbonyl (C=O) groups is 2. The average molecular weight is 421 g/mol. The Hall–Kier alpha value is -3.19. The second kappa shape index (κ2) is 9.09. The second-order valence-corrected chi connectivity index (χ2v) is 8.35. The summed E-state index contributed by atoms with van der Waals surface area (Å²) in [5.41, 5.74) is 2.28. The fourth-order valence-electron chi connectivity index (χ4n) is 3.57. The van der Waals surface area contributed by atoms with Crippen LogP contribution in [-0.2, 0) is 0 Å². The first-order valence-electron chi connectivity index (χ1n) is 10.0. The Bertz CT molecular complexity index is 1020. The van der Waals surface area contributed by atoms with Crippen molar-refractivity contribution in [1.82, 2.24) is 15.2 Å². The second-order valence-electron chi connectivity index (χ2n) is 7.29. The van der Waals surface area contributed by atoms with E-state index < -0.39 is 0 Å². The Morgan fingerprint density at radius 1 is 1.13 bits per heavy atom. The van der Waals surface area contributed by atoms with Crippen LogP contribution in [0.15, 0.2) is 61.2 Å². The summed E-state index contributed by atoms with van der Waals surface area (Å²) in [6, 6.07) is 15.0. The molecule has 6 nitrogen and oxygen atoms in total. The maximum Gasteiger partial charge on any atom is 0.321 e. The molecule has 0 aliphatic carbocycles. The number of rotatable bonds is 5. The smallest absolute Gasteiger partial charge is 0.321 e. The lowest BCUT2D eigenvalue weighted by molar-refractivity contribution is 0.0958. The molecular weight excluding hydrogens is 396 g/mol. The van der Waals surface area contributed by atoms with E-state index in [2.05, 4.69) is 23.3 Å². The van der Waals surface area contributed by atoms with E-state index in [0.29, 0.717) is 36.8 Å². The third-order valence-electron chi connectivity index (χ3n) is 5.25. The Labute approximate surface area is 179 Å². The normalized spacial score (nSPS) is 14.5. The maximum atomic E-state index is 12.6. The fraction of sp³-hybridized carbons (Fsp3) is 0.261. The summed E-state index contributed by atoms with van der Waals surface area (Å²) in [6.07, 6.45) is 3.46. The van der Waals surface area contributed by atoms with Gasteiger partial charge in [0.2, 0.25) is 0 Å². The Balaban J connectivity index is 1.31. The number of thiazole rings is 1. The highest BCUT2D eigenvalue weighted by molar-refractivity contribution is 7.18. The van der Waals surface area contributed by atoms with Gasteiger partial charge in [-0.05, 0) is 49.2 Å². The van der Waals surface area contributed by atoms with Gasteiger partial charge in [-0.3, -0.25) is 4.79 Å². The Morgan fingerprint density at radius 2 is 1.87 bits per heavy atom. The van der Waals surface area contributed by atoms with E-state index in [4.69, 9.17) is 4.98 Å². The number of nitrogens with one attached hydrogen (secondary N) is 2. The molecule has 3 aromatic rings. The van der Waals surface area contributed by atoms with Crippen molar-refractivity contribution in [3.8, 4) is 0 Å². The van der Waals surface area contributed by atoms with Gasteiger partial charge in [0, 0.05) is 36.8 Å². The van der Waals surface area contributed by atoms with Gasteiger partial charge in [-0.25, -0.2) is 9.78 Å². The Kier molecular flexibility index (Phi) is 6.09. The molecule has 0 saturated carbocycles. The van der Waals surface area contributed by atoms with Crippen LogP contribution in [0.4, 0.5) is 10.5 Å². The van der Waals surface area contributed by atoms with Crippen molar-refractivity contribution >= 4 is 39.2 Å². The van der Waals surface area contributed by atoms with Crippen molar-refractivity contribution in [2.75, 3.05) is 25.0 Å². The highest BCUT2D eigenvalue weighted by atomic mass is 32.1. The summed E-state index contributed by atoms with van der Waals surface area (Å²) in [5, 5.41) is 6.82. The van der Waals surface area contributed by atoms with Crippen molar-refractivity contribution in [2.45, 2.75) is 18.8 Å². The van der Waals surface area contributed by atoms with E-state index in [1.807, 2.05) is 23.1 Å². The average Bonchev–Trinajstić information content (AvgIpc) is 3.22. The molecule has 1 fully saturated rings. The molecule has 30 heavy (non-hydrogen) atoms. The zero-order valence-electron chi connectivity index (χ0n) is 16.6. The van der Waals surface area contributed by atoms with Gasteiger partial charge in [-0.15, -0.1) is 17.9 Å². The van der Waals surface area contributed by atoms with Crippen molar-refractivity contribution in [3.63, 3.8) is 0 Å². The lowest BCUT2D eigenvalue weighted by Crippen LogP contribution is -2.40. The monoisotopic (exact) mass is 420 g/mol. The number of fused-ring (bicyclic) bond motifs is 1. The molecule has 2 heterocycles. The van der Waals surface area contributed by atoms with E-state index in [0.717, 1.165) is 18.4 Å². The van der Waals surface area contributed by atoms with Crippen LogP contribution in [0.1, 0.15) is 34.1 Å². The number of anilines is 1. The third-order valence-corrected chi connectivity index (χ3v) is 6.45. The van der Waals surface area contributed by atoms with Gasteiger partial charge in [0.1, 0.15) is 0 Å². The summed E-state index contributed by atoms with van der Waals surface area (Å²) in [4.78, 5) is 31.2. The first-order valence-corrected chi connectivity index (χ1v) is 10.9. The van der Waals surface area contributed by atoms with Crippen LogP contribution in [0.2, 0.25) is 0 Å². The molecular formula is C23H24N4O2S. The summed E-state index contributed by atoms with van der Waals surface area (Å²) < 4.78 is 1.22. The number of amides is 3. The number of hydrogen-bond acceptors (Lipinski definition) is 4. The number of nitrogens with zero attached hydrogens (tertiary/aromatic N) is 2. The molecule has 7 heteroatoms. The zero-order valence-corrected chi connectivity index (χ0v) is 17.5. The highest BCUT2D eigenvalue weighted by Gasteiger charge is 2.26. The van der Waals surface area contributed by atoms with Crippen LogP contribution in [0.25, 0.3) is 10.2 Å². The van der Waals surface area contributed by atoms with E-state index >= 15 is 0 Å². The van der Waals surface area contributed by atoms with Gasteiger partial charge in [0.25, 0.3) is 5.91 Å². The van der Waals surface area contributed by atoms with E-state index in [1.54, 1.807) is 41.7 Å². The van der Waals surface area contributed by atoms with Crippen LogP contribution in [0.5, 0.6) is 0 Å². The molecule has 0 bridgehead atoms. The summed E-state index contributed by atoms with van der Waals surface area (Å²) in [7, 11) is 0. The minimum absolute atomic E-state index is 0.110. The quantitative estimate of drug-likeness (QED) is 0.591. The number of likely N-dealkylation sites (tertiary alicyclic amines) is 1. The van der Waals surface area contributed by atoms with Crippen molar-refractivity contribution in [3.05, 3.63) is 71.8 Å². The SMILES string of the molecule is C=CCNC(=O)c1ccc(NC(=O)N2CCC(c3nc4ccccc4s3)CC2)cc1. The molecule has 2 N–H and O–H groups in total. The number of aromatic nitrogens is 1. The number of para-hydroxylation sites is 1. The van der Waals surface area contributed by atoms with Crippen LogP contribution in [0, 0.1) is 0 Å². The van der Waals surface area contributed by atoms with E-state index in [-0.39, 0.29) is 11.9 Å². The van der Waals surface area contributed by atoms with Crippen LogP contribution in [0.3, 0.4) is 0 Å². The van der Waals surface area contributed by atoms with Crippen molar-refractivity contribution in [2.24, 2.45) is 0 Å². The largest absolute Gasteiger partial charge is 0.349 e. The Morgan fingerprint density at radius 3 is 2.57 bits per heavy atom. The lowest BCUT2D eigenvalue weighted by Gasteiger charge is -2.31. The molecule has 1 saturated heterocycles. The lowest BCUT2D eigenvalue weighted by atomic mass is 9.98. The van der Waals surface area contributed by atoms with Gasteiger partial charge in [0.15, 0.2) is 0 Å². The molecule has 3 amide bonds. The maximum absolute atomic E-state index is 12.6. The molecule has 4 rings (SSSR count). The number of urea groups is 1. The van der Waals surface area contributed by atoms with Gasteiger partial charge in [0.05, 0.1) is 15.2 Å². The van der Waals surface area contributed by atoms with Gasteiger partial charge >= 0.3 is 6.03 Å². The topological polar surface area (TPSA) is 74.3 Å². The molecule has 154 valence electrons. The first-order chi connectivity index (χ1) is 14.6. The molecule has 0 radical (unpaired) electrons. The number of piperidine rings is 1. The van der Waals surface area contributed by atoms with E-state index in [1.165, 1.54) is 9.71 Å². The summed E-state index contributed by atoms with van der Waals surface area (Å²) in [6.45, 7) is 5.41. The third kappa shape index (κ3) is 4.52. The molecule has 1 aliphatic heterocycles. The van der Waals surface area contributed by atoms with Crippen molar-refractivity contribution < 1.29 is 9.59 Å². The molecule has 0 unspecified atom stereocenters. The summed E-state index contributed by atoms with van der Waals surface area (Å²) in [5.74, 6) is 0.240. The van der Waals surface area contributed by atoms with Gasteiger partial charge in [-0.2, -0.15) is 0 Å². The number of carbonyl (C=O) groups excluding carboxylic acids is 2. The predicted molar refractivity (Wildman–Crippen MR) is 121 cm³/mol. The molecule has 1 aliphatic rings.